The highest BCUT2D eigenvalue weighted by Gasteiger charge is 2.65. The van der Waals surface area contributed by atoms with Gasteiger partial charge in [0.1, 0.15) is 16.6 Å². The number of halogens is 2. The van der Waals surface area contributed by atoms with E-state index in [9.17, 15) is 28.3 Å². The number of carbonyl (C=O) groups excluding carboxylic acids is 2. The predicted molar refractivity (Wildman–Crippen MR) is 129 cm³/mol. The minimum Gasteiger partial charge on any atom is -0.502 e. The van der Waals surface area contributed by atoms with Crippen molar-refractivity contribution in [2.75, 3.05) is 31.7 Å². The number of rotatable bonds is 3. The molecule has 3 aliphatic rings. The van der Waals surface area contributed by atoms with Gasteiger partial charge in [0, 0.05) is 45.7 Å². The zero-order valence-electron chi connectivity index (χ0n) is 19.9. The number of fused-ring (bicyclic) bond motifs is 2. The topological polar surface area (TPSA) is 112 Å². The highest BCUT2D eigenvalue weighted by atomic mass is 32.1. The molecule has 3 aromatic rings. The molecule has 2 fully saturated rings. The third kappa shape index (κ3) is 3.51. The van der Waals surface area contributed by atoms with Gasteiger partial charge in [0.05, 0.1) is 23.7 Å². The number of hydrogen-bond donors (Lipinski definition) is 1. The molecule has 2 amide bonds. The fourth-order valence-electron chi connectivity index (χ4n) is 5.38. The van der Waals surface area contributed by atoms with Crippen LogP contribution in [0.4, 0.5) is 8.78 Å². The number of benzene rings is 1. The Balaban J connectivity index is 1.42. The maximum absolute atomic E-state index is 14.1. The van der Waals surface area contributed by atoms with Crippen LogP contribution in [-0.4, -0.2) is 79.9 Å². The second-order valence-corrected chi connectivity index (χ2v) is 10.7. The molecular weight excluding hydrogens is 506 g/mol. The lowest BCUT2D eigenvalue weighted by atomic mass is 10.1. The number of carbonyl (C=O) groups is 2. The molecule has 192 valence electrons. The van der Waals surface area contributed by atoms with Gasteiger partial charge in [-0.15, -0.1) is 10.2 Å². The lowest BCUT2D eigenvalue weighted by Crippen LogP contribution is -2.49. The Labute approximate surface area is 213 Å². The zero-order chi connectivity index (χ0) is 26.2. The summed E-state index contributed by atoms with van der Waals surface area (Å²) in [5.74, 6) is -2.69. The molecule has 0 radical (unpaired) electrons. The number of aromatic nitrogens is 3. The van der Waals surface area contributed by atoms with Gasteiger partial charge in [-0.05, 0) is 18.1 Å². The Morgan fingerprint density at radius 2 is 2.03 bits per heavy atom. The highest BCUT2D eigenvalue weighted by molar-refractivity contribution is 7.14. The SMILES string of the molecule is CC(=O)N1CCN2C3CC3(C1)N(C)C(=O)c1c(O)c(=O)c(-c3nnc(Cc4ccc(F)cc4F)s3)cn12. The van der Waals surface area contributed by atoms with Crippen LogP contribution in [0.15, 0.2) is 29.2 Å². The smallest absolute Gasteiger partial charge is 0.276 e. The quantitative estimate of drug-likeness (QED) is 0.546. The number of aromatic hydroxyl groups is 1. The lowest BCUT2D eigenvalue weighted by molar-refractivity contribution is -0.129. The Morgan fingerprint density at radius 3 is 2.76 bits per heavy atom. The molecule has 13 heteroatoms. The first-order chi connectivity index (χ1) is 17.6. The molecule has 2 aliphatic heterocycles. The van der Waals surface area contributed by atoms with E-state index < -0.39 is 34.3 Å². The summed E-state index contributed by atoms with van der Waals surface area (Å²) >= 11 is 1.04. The third-order valence-corrected chi connectivity index (χ3v) is 8.50. The average molecular weight is 529 g/mol. The molecule has 1 aliphatic carbocycles. The molecule has 6 rings (SSSR count). The largest absolute Gasteiger partial charge is 0.502 e. The minimum atomic E-state index is -0.768. The first-order valence-electron chi connectivity index (χ1n) is 11.7. The van der Waals surface area contributed by atoms with Crippen molar-refractivity contribution in [3.05, 3.63) is 62.5 Å². The predicted octanol–water partition coefficient (Wildman–Crippen LogP) is 1.34. The monoisotopic (exact) mass is 528 g/mol. The van der Waals surface area contributed by atoms with Gasteiger partial charge >= 0.3 is 0 Å². The van der Waals surface area contributed by atoms with Crippen LogP contribution >= 0.6 is 11.3 Å². The minimum absolute atomic E-state index is 0.0425. The van der Waals surface area contributed by atoms with Crippen LogP contribution in [0.25, 0.3) is 10.6 Å². The Morgan fingerprint density at radius 1 is 1.24 bits per heavy atom. The van der Waals surface area contributed by atoms with E-state index in [1.807, 2.05) is 5.01 Å². The first-order valence-corrected chi connectivity index (χ1v) is 12.5. The number of pyridine rings is 1. The van der Waals surface area contributed by atoms with E-state index in [0.29, 0.717) is 31.1 Å². The molecule has 2 atom stereocenters. The molecule has 2 unspecified atom stereocenters. The normalized spacial score (nSPS) is 22.3. The summed E-state index contributed by atoms with van der Waals surface area (Å²) in [5, 5.41) is 21.6. The summed E-state index contributed by atoms with van der Waals surface area (Å²) in [6, 6.07) is 3.16. The molecule has 2 aromatic heterocycles. The summed E-state index contributed by atoms with van der Waals surface area (Å²) in [6.07, 6.45) is 2.17. The van der Waals surface area contributed by atoms with Crippen molar-refractivity contribution in [3.8, 4) is 16.3 Å². The van der Waals surface area contributed by atoms with Crippen molar-refractivity contribution < 1.29 is 23.5 Å². The molecule has 1 saturated carbocycles. The van der Waals surface area contributed by atoms with E-state index in [1.165, 1.54) is 28.8 Å². The van der Waals surface area contributed by atoms with Gasteiger partial charge in [0.25, 0.3) is 5.91 Å². The van der Waals surface area contributed by atoms with Crippen LogP contribution in [0.3, 0.4) is 0 Å². The Kier molecular flexibility index (Phi) is 5.13. The van der Waals surface area contributed by atoms with Gasteiger partial charge in [0.2, 0.25) is 11.3 Å². The van der Waals surface area contributed by atoms with Crippen LogP contribution in [-0.2, 0) is 11.2 Å². The number of amides is 2. The second-order valence-electron chi connectivity index (χ2n) is 9.62. The van der Waals surface area contributed by atoms with Gasteiger partial charge in [-0.2, -0.15) is 0 Å². The van der Waals surface area contributed by atoms with Crippen molar-refractivity contribution in [3.63, 3.8) is 0 Å². The molecule has 0 spiro atoms. The van der Waals surface area contributed by atoms with Gasteiger partial charge < -0.3 is 19.9 Å². The van der Waals surface area contributed by atoms with E-state index in [2.05, 4.69) is 10.2 Å². The van der Waals surface area contributed by atoms with Crippen LogP contribution in [0.1, 0.15) is 34.4 Å². The standard InChI is InChI=1S/C24H22F2N6O4S/c1-12(33)30-5-6-31-17-9-24(17,11-30)29(2)23(36)19-21(35)20(34)15(10-32(19)31)22-28-27-18(37-22)7-13-3-4-14(25)8-16(13)26/h3-4,8,10,17,35H,5-7,9,11H2,1-2H3. The zero-order valence-corrected chi connectivity index (χ0v) is 20.8. The summed E-state index contributed by atoms with van der Waals surface area (Å²) in [5.41, 5.74) is -1.26. The number of hydrogen-bond acceptors (Lipinski definition) is 8. The molecule has 1 aromatic carbocycles. The Hall–Kier alpha value is -3.87. The number of nitrogens with zero attached hydrogens (tertiary/aromatic N) is 6. The van der Waals surface area contributed by atoms with Crippen LogP contribution in [0.5, 0.6) is 5.75 Å². The first kappa shape index (κ1) is 23.5. The molecule has 4 heterocycles. The molecule has 2 bridgehead atoms. The average Bonchev–Trinajstić information content (AvgIpc) is 3.44. The third-order valence-electron chi connectivity index (χ3n) is 7.55. The maximum Gasteiger partial charge on any atom is 0.276 e. The number of likely N-dealkylation sites (N-methyl/N-ethyl adjacent to an activating group) is 1. The van der Waals surface area contributed by atoms with E-state index in [1.54, 1.807) is 11.9 Å². The van der Waals surface area contributed by atoms with Gasteiger partial charge in [-0.1, -0.05) is 17.4 Å². The van der Waals surface area contributed by atoms with Crippen molar-refractivity contribution in [1.82, 2.24) is 24.7 Å². The molecular formula is C24H22F2N6O4S. The van der Waals surface area contributed by atoms with Crippen molar-refractivity contribution >= 4 is 23.2 Å². The van der Waals surface area contributed by atoms with Crippen molar-refractivity contribution in [2.24, 2.45) is 0 Å². The summed E-state index contributed by atoms with van der Waals surface area (Å²) in [4.78, 5) is 42.1. The summed E-state index contributed by atoms with van der Waals surface area (Å²) in [6.45, 7) is 2.68. The van der Waals surface area contributed by atoms with Gasteiger partial charge in [-0.25, -0.2) is 8.78 Å². The van der Waals surface area contributed by atoms with Crippen molar-refractivity contribution in [1.29, 1.82) is 0 Å². The summed E-state index contributed by atoms with van der Waals surface area (Å²) < 4.78 is 28.9. The van der Waals surface area contributed by atoms with Gasteiger partial charge in [0.15, 0.2) is 16.5 Å². The van der Waals surface area contributed by atoms with E-state index >= 15 is 0 Å². The fraction of sp³-hybridized carbons (Fsp3) is 0.375. The molecule has 37 heavy (non-hydrogen) atoms. The van der Waals surface area contributed by atoms with Crippen molar-refractivity contribution in [2.45, 2.75) is 31.3 Å². The van der Waals surface area contributed by atoms with E-state index in [-0.39, 0.29) is 40.2 Å². The molecule has 1 N–H and O–H groups in total. The molecule has 10 nitrogen and oxygen atoms in total. The highest BCUT2D eigenvalue weighted by Crippen LogP contribution is 2.49. The van der Waals surface area contributed by atoms with E-state index in [4.69, 9.17) is 0 Å². The summed E-state index contributed by atoms with van der Waals surface area (Å²) in [7, 11) is 1.63. The fourth-order valence-corrected chi connectivity index (χ4v) is 6.25. The van der Waals surface area contributed by atoms with Crippen LogP contribution in [0.2, 0.25) is 0 Å². The van der Waals surface area contributed by atoms with Crippen LogP contribution < -0.4 is 10.4 Å². The van der Waals surface area contributed by atoms with E-state index in [0.717, 1.165) is 23.5 Å². The second kappa shape index (κ2) is 8.07. The Bertz CT molecular complexity index is 1540. The molecule has 1 saturated heterocycles. The van der Waals surface area contributed by atoms with Crippen LogP contribution in [0, 0.1) is 11.6 Å². The lowest BCUT2D eigenvalue weighted by Gasteiger charge is -2.32. The maximum atomic E-state index is 14.1. The van der Waals surface area contributed by atoms with Gasteiger partial charge in [-0.3, -0.25) is 19.1 Å².